The van der Waals surface area contributed by atoms with Gasteiger partial charge < -0.3 is 18.9 Å². The lowest BCUT2D eigenvalue weighted by Crippen LogP contribution is -2.19. The van der Waals surface area contributed by atoms with Crippen molar-refractivity contribution in [2.45, 2.75) is 13.8 Å². The molecular formula is C18H26O8S2. The summed E-state index contributed by atoms with van der Waals surface area (Å²) in [5.74, 6) is -1.50. The van der Waals surface area contributed by atoms with E-state index < -0.39 is 23.9 Å². The fraction of sp³-hybridized carbons (Fsp3) is 0.556. The van der Waals surface area contributed by atoms with E-state index in [2.05, 4.69) is 22.6 Å². The van der Waals surface area contributed by atoms with Gasteiger partial charge in [-0.15, -0.1) is 23.5 Å². The largest absolute Gasteiger partial charge is 0.461 e. The lowest BCUT2D eigenvalue weighted by molar-refractivity contribution is -0.148. The molecule has 0 rings (SSSR count). The van der Waals surface area contributed by atoms with E-state index >= 15 is 0 Å². The van der Waals surface area contributed by atoms with Crippen LogP contribution in [0.15, 0.2) is 25.7 Å². The Morgan fingerprint density at radius 2 is 1.14 bits per heavy atom. The van der Waals surface area contributed by atoms with E-state index in [0.717, 1.165) is 12.5 Å². The first kappa shape index (κ1) is 26.1. The summed E-state index contributed by atoms with van der Waals surface area (Å²) >= 11 is 2.49. The summed E-state index contributed by atoms with van der Waals surface area (Å²) in [5.41, 5.74) is 0. The van der Waals surface area contributed by atoms with E-state index in [9.17, 15) is 19.2 Å². The molecule has 8 nitrogen and oxygen atoms in total. The van der Waals surface area contributed by atoms with Crippen LogP contribution in [0, 0.1) is 11.8 Å². The monoisotopic (exact) mass is 434 g/mol. The molecule has 0 radical (unpaired) electrons. The fourth-order valence-electron chi connectivity index (χ4n) is 1.57. The van der Waals surface area contributed by atoms with Gasteiger partial charge in [0.1, 0.15) is 13.2 Å². The van der Waals surface area contributed by atoms with Crippen molar-refractivity contribution in [2.24, 2.45) is 11.8 Å². The normalized spacial score (nSPS) is 12.2. The predicted molar refractivity (Wildman–Crippen MR) is 107 cm³/mol. The Labute approximate surface area is 173 Å². The SMILES string of the molecule is C=COC(=O)C(C)CSCC(=O)OCCOC(=O)CSCC(C)C(=O)OC=C. The van der Waals surface area contributed by atoms with Gasteiger partial charge in [0.25, 0.3) is 0 Å². The molecule has 0 amide bonds. The molecule has 0 fully saturated rings. The highest BCUT2D eigenvalue weighted by Gasteiger charge is 2.16. The molecule has 0 aliphatic carbocycles. The number of carbonyl (C=O) groups is 4. The Bertz CT molecular complexity index is 502. The molecular weight excluding hydrogens is 408 g/mol. The Balaban J connectivity index is 3.72. The second-order valence-corrected chi connectivity index (χ2v) is 7.54. The predicted octanol–water partition coefficient (Wildman–Crippen LogP) is 2.18. The van der Waals surface area contributed by atoms with Crippen molar-refractivity contribution in [3.05, 3.63) is 25.7 Å². The van der Waals surface area contributed by atoms with Gasteiger partial charge in [0.05, 0.1) is 35.9 Å². The molecule has 2 atom stereocenters. The zero-order valence-electron chi connectivity index (χ0n) is 16.0. The van der Waals surface area contributed by atoms with Crippen LogP contribution in [-0.4, -0.2) is 60.1 Å². The van der Waals surface area contributed by atoms with Gasteiger partial charge in [-0.2, -0.15) is 0 Å². The quantitative estimate of drug-likeness (QED) is 0.165. The summed E-state index contributed by atoms with van der Waals surface area (Å²) < 4.78 is 19.2. The minimum Gasteiger partial charge on any atom is -0.461 e. The number of esters is 4. The maximum absolute atomic E-state index is 11.6. The van der Waals surface area contributed by atoms with Gasteiger partial charge in [0.15, 0.2) is 0 Å². The molecule has 0 aromatic carbocycles. The molecule has 158 valence electrons. The Morgan fingerprint density at radius 3 is 1.46 bits per heavy atom. The minimum absolute atomic E-state index is 0.0497. The lowest BCUT2D eigenvalue weighted by Gasteiger charge is -2.10. The van der Waals surface area contributed by atoms with Crippen molar-refractivity contribution in [2.75, 3.05) is 36.2 Å². The van der Waals surface area contributed by atoms with Gasteiger partial charge >= 0.3 is 23.9 Å². The lowest BCUT2D eigenvalue weighted by atomic mass is 10.2. The van der Waals surface area contributed by atoms with Crippen molar-refractivity contribution in [1.82, 2.24) is 0 Å². The maximum Gasteiger partial charge on any atom is 0.316 e. The van der Waals surface area contributed by atoms with Crippen LogP contribution in [0.1, 0.15) is 13.8 Å². The number of ether oxygens (including phenoxy) is 4. The maximum atomic E-state index is 11.6. The third-order valence-corrected chi connectivity index (χ3v) is 5.34. The fourth-order valence-corrected chi connectivity index (χ4v) is 3.28. The van der Waals surface area contributed by atoms with Crippen molar-refractivity contribution >= 4 is 47.4 Å². The topological polar surface area (TPSA) is 105 Å². The van der Waals surface area contributed by atoms with Crippen LogP contribution < -0.4 is 0 Å². The molecule has 28 heavy (non-hydrogen) atoms. The van der Waals surface area contributed by atoms with Crippen LogP contribution in [0.3, 0.4) is 0 Å². The van der Waals surface area contributed by atoms with Crippen molar-refractivity contribution in [3.63, 3.8) is 0 Å². The summed E-state index contributed by atoms with van der Waals surface area (Å²) in [6.45, 7) is 9.87. The van der Waals surface area contributed by atoms with Crippen LogP contribution in [0.2, 0.25) is 0 Å². The number of rotatable bonds is 15. The van der Waals surface area contributed by atoms with Gasteiger partial charge in [-0.25, -0.2) is 0 Å². The average molecular weight is 435 g/mol. The number of thioether (sulfide) groups is 2. The molecule has 0 heterocycles. The molecule has 2 unspecified atom stereocenters. The molecule has 10 heteroatoms. The summed E-state index contributed by atoms with van der Waals surface area (Å²) in [7, 11) is 0. The smallest absolute Gasteiger partial charge is 0.316 e. The zero-order valence-corrected chi connectivity index (χ0v) is 17.7. The molecule has 0 spiro atoms. The Kier molecular flexibility index (Phi) is 14.9. The third kappa shape index (κ3) is 13.3. The van der Waals surface area contributed by atoms with Crippen molar-refractivity contribution in [1.29, 1.82) is 0 Å². The second kappa shape index (κ2) is 16.1. The van der Waals surface area contributed by atoms with Crippen LogP contribution in [0.25, 0.3) is 0 Å². The standard InChI is InChI=1S/C18H26O8S2/c1-5-23-17(21)13(3)9-27-11-15(19)25-7-8-26-16(20)12-28-10-14(4)18(22)24-6-2/h5-6,13-14H,1-2,7-12H2,3-4H3. The van der Waals surface area contributed by atoms with E-state index in [0.29, 0.717) is 11.5 Å². The van der Waals surface area contributed by atoms with Crippen molar-refractivity contribution in [3.8, 4) is 0 Å². The third-order valence-electron chi connectivity index (χ3n) is 2.99. The Morgan fingerprint density at radius 1 is 0.786 bits per heavy atom. The molecule has 0 N–H and O–H groups in total. The summed E-state index contributed by atoms with van der Waals surface area (Å²) in [6.07, 6.45) is 2.13. The Hall–Kier alpha value is -1.94. The molecule has 0 saturated carbocycles. The first-order valence-electron chi connectivity index (χ1n) is 8.41. The molecule has 0 aliphatic heterocycles. The number of hydrogen-bond acceptors (Lipinski definition) is 10. The van der Waals surface area contributed by atoms with Gasteiger partial charge in [-0.1, -0.05) is 27.0 Å². The van der Waals surface area contributed by atoms with E-state index in [1.54, 1.807) is 13.8 Å². The van der Waals surface area contributed by atoms with Gasteiger partial charge in [0.2, 0.25) is 0 Å². The van der Waals surface area contributed by atoms with Gasteiger partial charge in [0, 0.05) is 11.5 Å². The van der Waals surface area contributed by atoms with Crippen LogP contribution in [-0.2, 0) is 38.1 Å². The molecule has 0 aliphatic rings. The second-order valence-electron chi connectivity index (χ2n) is 5.48. The zero-order chi connectivity index (χ0) is 21.4. The highest BCUT2D eigenvalue weighted by atomic mass is 32.2. The summed E-state index contributed by atoms with van der Waals surface area (Å²) in [5, 5.41) is 0. The van der Waals surface area contributed by atoms with E-state index in [-0.39, 0.29) is 36.6 Å². The van der Waals surface area contributed by atoms with E-state index in [1.165, 1.54) is 23.5 Å². The van der Waals surface area contributed by atoms with E-state index in [4.69, 9.17) is 9.47 Å². The first-order valence-corrected chi connectivity index (χ1v) is 10.7. The van der Waals surface area contributed by atoms with Crippen LogP contribution >= 0.6 is 23.5 Å². The van der Waals surface area contributed by atoms with Gasteiger partial charge in [-0.3, -0.25) is 19.2 Å². The summed E-state index contributed by atoms with van der Waals surface area (Å²) in [4.78, 5) is 45.9. The number of hydrogen-bond donors (Lipinski definition) is 0. The van der Waals surface area contributed by atoms with Crippen LogP contribution in [0.4, 0.5) is 0 Å². The molecule has 0 saturated heterocycles. The van der Waals surface area contributed by atoms with Crippen LogP contribution in [0.5, 0.6) is 0 Å². The molecule has 0 aromatic heterocycles. The number of carbonyl (C=O) groups excluding carboxylic acids is 4. The molecule has 0 bridgehead atoms. The van der Waals surface area contributed by atoms with Gasteiger partial charge in [-0.05, 0) is 0 Å². The average Bonchev–Trinajstić information content (AvgIpc) is 2.65. The minimum atomic E-state index is -0.464. The highest BCUT2D eigenvalue weighted by molar-refractivity contribution is 8.00. The molecule has 0 aromatic rings. The summed E-state index contributed by atoms with van der Waals surface area (Å²) in [6, 6.07) is 0. The highest BCUT2D eigenvalue weighted by Crippen LogP contribution is 2.11. The van der Waals surface area contributed by atoms with Crippen molar-refractivity contribution < 1.29 is 38.1 Å². The first-order chi connectivity index (χ1) is 13.3. The van der Waals surface area contributed by atoms with E-state index in [1.807, 2.05) is 0 Å².